The molecule has 2 heterocycles. The van der Waals surface area contributed by atoms with Crippen LogP contribution in [-0.4, -0.2) is 46.0 Å². The lowest BCUT2D eigenvalue weighted by atomic mass is 10.2. The number of aromatic nitrogens is 4. The smallest absolute Gasteiger partial charge is 0.214 e. The molecule has 0 saturated heterocycles. The summed E-state index contributed by atoms with van der Waals surface area (Å²) < 4.78 is 27.9. The molecule has 1 atom stereocenters. The lowest BCUT2D eigenvalue weighted by molar-refractivity contribution is 0.522. The van der Waals surface area contributed by atoms with Crippen LogP contribution in [-0.2, 0) is 16.6 Å². The van der Waals surface area contributed by atoms with Crippen LogP contribution in [0, 0.1) is 0 Å². The molecule has 2 N–H and O–H groups in total. The number of rotatable bonds is 8. The molecular formula is C14H20N6O2S. The lowest BCUT2D eigenvalue weighted by Crippen LogP contribution is -2.40. The van der Waals surface area contributed by atoms with Crippen LogP contribution in [0.1, 0.15) is 25.3 Å². The Balaban J connectivity index is 1.56. The zero-order valence-corrected chi connectivity index (χ0v) is 13.7. The van der Waals surface area contributed by atoms with E-state index >= 15 is 0 Å². The van der Waals surface area contributed by atoms with E-state index in [1.54, 1.807) is 17.2 Å². The molecule has 1 saturated carbocycles. The van der Waals surface area contributed by atoms with Gasteiger partial charge in [0.2, 0.25) is 10.0 Å². The average Bonchev–Trinajstić information content (AvgIpc) is 3.28. The van der Waals surface area contributed by atoms with E-state index in [2.05, 4.69) is 25.1 Å². The first-order chi connectivity index (χ1) is 11.1. The maximum Gasteiger partial charge on any atom is 0.214 e. The summed E-state index contributed by atoms with van der Waals surface area (Å²) in [5.74, 6) is 0.711. The van der Waals surface area contributed by atoms with Crippen LogP contribution in [0.4, 0.5) is 0 Å². The van der Waals surface area contributed by atoms with Gasteiger partial charge in [-0.3, -0.25) is 0 Å². The van der Waals surface area contributed by atoms with Gasteiger partial charge in [-0.1, -0.05) is 6.07 Å². The molecule has 9 heteroatoms. The largest absolute Gasteiger partial charge is 0.309 e. The molecule has 0 spiro atoms. The van der Waals surface area contributed by atoms with Gasteiger partial charge in [-0.25, -0.2) is 27.8 Å². The molecule has 2 aromatic heterocycles. The highest BCUT2D eigenvalue weighted by atomic mass is 32.2. The summed E-state index contributed by atoms with van der Waals surface area (Å²) >= 11 is 0. The minimum Gasteiger partial charge on any atom is -0.309 e. The molecule has 0 radical (unpaired) electrons. The fourth-order valence-corrected chi connectivity index (χ4v) is 3.66. The second kappa shape index (κ2) is 6.73. The molecule has 3 rings (SSSR count). The molecule has 0 bridgehead atoms. The maximum absolute atomic E-state index is 11.8. The minimum absolute atomic E-state index is 0.00678. The van der Waals surface area contributed by atoms with Gasteiger partial charge in [-0.15, -0.1) is 0 Å². The minimum atomic E-state index is -3.13. The Morgan fingerprint density at radius 1 is 1.43 bits per heavy atom. The van der Waals surface area contributed by atoms with Crippen molar-refractivity contribution in [1.82, 2.24) is 29.8 Å². The van der Waals surface area contributed by atoms with Crippen molar-refractivity contribution in [2.45, 2.75) is 37.6 Å². The van der Waals surface area contributed by atoms with E-state index in [9.17, 15) is 8.42 Å². The lowest BCUT2D eigenvalue weighted by Gasteiger charge is -2.16. The van der Waals surface area contributed by atoms with Gasteiger partial charge < -0.3 is 5.32 Å². The summed E-state index contributed by atoms with van der Waals surface area (Å²) in [5.41, 5.74) is 0.968. The van der Waals surface area contributed by atoms with E-state index in [-0.39, 0.29) is 11.3 Å². The van der Waals surface area contributed by atoms with Gasteiger partial charge in [0, 0.05) is 30.9 Å². The van der Waals surface area contributed by atoms with Crippen LogP contribution in [0.25, 0.3) is 5.82 Å². The molecule has 0 aliphatic heterocycles. The first-order valence-corrected chi connectivity index (χ1v) is 9.11. The van der Waals surface area contributed by atoms with Crippen molar-refractivity contribution >= 4 is 10.0 Å². The third kappa shape index (κ3) is 4.12. The van der Waals surface area contributed by atoms with E-state index in [4.69, 9.17) is 0 Å². The highest BCUT2D eigenvalue weighted by molar-refractivity contribution is 7.90. The van der Waals surface area contributed by atoms with Gasteiger partial charge in [0.15, 0.2) is 5.82 Å². The van der Waals surface area contributed by atoms with Gasteiger partial charge in [0.05, 0.1) is 5.25 Å². The second-order valence-corrected chi connectivity index (χ2v) is 7.75. The van der Waals surface area contributed by atoms with E-state index in [0.717, 1.165) is 18.4 Å². The Hall–Kier alpha value is -1.84. The monoisotopic (exact) mass is 336 g/mol. The predicted octanol–water partition coefficient (Wildman–Crippen LogP) is 0.222. The zero-order valence-electron chi connectivity index (χ0n) is 12.9. The number of hydrogen-bond donors (Lipinski definition) is 2. The van der Waals surface area contributed by atoms with Crippen LogP contribution < -0.4 is 10.0 Å². The van der Waals surface area contributed by atoms with E-state index in [0.29, 0.717) is 18.9 Å². The number of nitrogens with zero attached hydrogens (tertiary/aromatic N) is 4. The molecule has 0 amide bonds. The third-order valence-corrected chi connectivity index (χ3v) is 5.62. The number of nitrogens with one attached hydrogen (secondary N) is 2. The molecule has 0 aromatic carbocycles. The van der Waals surface area contributed by atoms with Crippen molar-refractivity contribution in [3.63, 3.8) is 0 Å². The van der Waals surface area contributed by atoms with Gasteiger partial charge in [0.25, 0.3) is 0 Å². The zero-order chi connectivity index (χ0) is 16.3. The Bertz CT molecular complexity index is 742. The SMILES string of the molecule is C[C@H](CNS(=O)(=O)C1CC1)NCc1cccnc1-n1cncn1. The first kappa shape index (κ1) is 16.0. The summed E-state index contributed by atoms with van der Waals surface area (Å²) in [6.45, 7) is 2.88. The van der Waals surface area contributed by atoms with Crippen LogP contribution in [0.5, 0.6) is 0 Å². The summed E-state index contributed by atoms with van der Waals surface area (Å²) in [6, 6.07) is 3.82. The van der Waals surface area contributed by atoms with E-state index < -0.39 is 10.0 Å². The van der Waals surface area contributed by atoms with Gasteiger partial charge in [-0.2, -0.15) is 5.10 Å². The maximum atomic E-state index is 11.8. The Labute approximate surface area is 135 Å². The van der Waals surface area contributed by atoms with Crippen molar-refractivity contribution < 1.29 is 8.42 Å². The van der Waals surface area contributed by atoms with Crippen LogP contribution in [0.3, 0.4) is 0 Å². The molecule has 0 unspecified atom stereocenters. The molecular weight excluding hydrogens is 316 g/mol. The Morgan fingerprint density at radius 3 is 2.96 bits per heavy atom. The first-order valence-electron chi connectivity index (χ1n) is 7.57. The van der Waals surface area contributed by atoms with Crippen LogP contribution in [0.2, 0.25) is 0 Å². The summed E-state index contributed by atoms with van der Waals surface area (Å²) in [7, 11) is -3.13. The normalized spacial score (nSPS) is 16.4. The van der Waals surface area contributed by atoms with Crippen LogP contribution >= 0.6 is 0 Å². The van der Waals surface area contributed by atoms with Gasteiger partial charge in [-0.05, 0) is 25.8 Å². The fraction of sp³-hybridized carbons (Fsp3) is 0.500. The number of sulfonamides is 1. The Kier molecular flexibility index (Phi) is 4.69. The molecule has 124 valence electrons. The molecule has 23 heavy (non-hydrogen) atoms. The number of pyridine rings is 1. The predicted molar refractivity (Wildman–Crippen MR) is 85.4 cm³/mol. The molecule has 1 aliphatic carbocycles. The summed E-state index contributed by atoms with van der Waals surface area (Å²) in [5, 5.41) is 7.21. The fourth-order valence-electron chi connectivity index (χ4n) is 2.19. The molecule has 1 aliphatic rings. The van der Waals surface area contributed by atoms with Gasteiger partial charge in [0.1, 0.15) is 12.7 Å². The van der Waals surface area contributed by atoms with Crippen molar-refractivity contribution in [2.75, 3.05) is 6.54 Å². The van der Waals surface area contributed by atoms with E-state index in [1.807, 2.05) is 19.1 Å². The summed E-state index contributed by atoms with van der Waals surface area (Å²) in [4.78, 5) is 8.25. The highest BCUT2D eigenvalue weighted by Gasteiger charge is 2.35. The van der Waals surface area contributed by atoms with Gasteiger partial charge >= 0.3 is 0 Å². The van der Waals surface area contributed by atoms with Crippen molar-refractivity contribution in [2.24, 2.45) is 0 Å². The highest BCUT2D eigenvalue weighted by Crippen LogP contribution is 2.27. The molecule has 2 aromatic rings. The molecule has 8 nitrogen and oxygen atoms in total. The third-order valence-electron chi connectivity index (χ3n) is 3.70. The quantitative estimate of drug-likeness (QED) is 0.715. The standard InChI is InChI=1S/C14H20N6O2S/c1-11(7-19-23(21,22)13-4-5-13)17-8-12-3-2-6-16-14(12)20-10-15-9-18-20/h2-3,6,9-11,13,17,19H,4-5,7-8H2,1H3/t11-/m1/s1. The number of hydrogen-bond acceptors (Lipinski definition) is 6. The van der Waals surface area contributed by atoms with Crippen molar-refractivity contribution in [3.05, 3.63) is 36.5 Å². The Morgan fingerprint density at radius 2 is 2.26 bits per heavy atom. The van der Waals surface area contributed by atoms with Crippen molar-refractivity contribution in [1.29, 1.82) is 0 Å². The van der Waals surface area contributed by atoms with Crippen molar-refractivity contribution in [3.8, 4) is 5.82 Å². The topological polar surface area (TPSA) is 102 Å². The van der Waals surface area contributed by atoms with E-state index in [1.165, 1.54) is 6.33 Å². The summed E-state index contributed by atoms with van der Waals surface area (Å²) in [6.07, 6.45) is 6.30. The average molecular weight is 336 g/mol. The second-order valence-electron chi connectivity index (χ2n) is 5.70. The van der Waals surface area contributed by atoms with Crippen LogP contribution in [0.15, 0.2) is 31.0 Å². The molecule has 1 fully saturated rings.